The lowest BCUT2D eigenvalue weighted by molar-refractivity contribution is 0.393. The van der Waals surface area contributed by atoms with E-state index in [1.807, 2.05) is 0 Å². The minimum Gasteiger partial charge on any atom is -0.330 e. The van der Waals surface area contributed by atoms with E-state index in [9.17, 15) is 17.2 Å². The highest BCUT2D eigenvalue weighted by Crippen LogP contribution is 2.24. The monoisotopic (exact) mass is 376 g/mol. The molecule has 2 rings (SSSR count). The Morgan fingerprint density at radius 2 is 1.54 bits per heavy atom. The molecule has 2 aromatic carbocycles. The lowest BCUT2D eigenvalue weighted by atomic mass is 10.2. The van der Waals surface area contributed by atoms with E-state index in [0.29, 0.717) is 6.42 Å². The van der Waals surface area contributed by atoms with E-state index in [2.05, 4.69) is 0 Å². The standard InChI is InChI=1S/C16H18F2N2O2S.ClH/c17-14-8-4-9-15(18)16(14)23(21,22)20(11-5-10-19)12-13-6-2-1-3-7-13;/h1-4,6-9H,5,10-12,19H2;1H. The van der Waals surface area contributed by atoms with Crippen molar-refractivity contribution in [1.82, 2.24) is 4.31 Å². The van der Waals surface area contributed by atoms with Crippen LogP contribution in [0.5, 0.6) is 0 Å². The van der Waals surface area contributed by atoms with Gasteiger partial charge in [0.2, 0.25) is 10.0 Å². The zero-order chi connectivity index (χ0) is 16.9. The molecule has 0 atom stereocenters. The van der Waals surface area contributed by atoms with Crippen molar-refractivity contribution >= 4 is 22.4 Å². The summed E-state index contributed by atoms with van der Waals surface area (Å²) in [6, 6.07) is 11.8. The molecule has 0 aliphatic rings. The smallest absolute Gasteiger partial charge is 0.249 e. The predicted molar refractivity (Wildman–Crippen MR) is 91.3 cm³/mol. The van der Waals surface area contributed by atoms with E-state index < -0.39 is 26.6 Å². The highest BCUT2D eigenvalue weighted by Gasteiger charge is 2.30. The molecule has 132 valence electrons. The van der Waals surface area contributed by atoms with Crippen molar-refractivity contribution in [3.63, 3.8) is 0 Å². The van der Waals surface area contributed by atoms with Crippen LogP contribution in [0.1, 0.15) is 12.0 Å². The maximum atomic E-state index is 13.9. The van der Waals surface area contributed by atoms with Gasteiger partial charge in [0.15, 0.2) is 4.90 Å². The summed E-state index contributed by atoms with van der Waals surface area (Å²) >= 11 is 0. The first kappa shape index (κ1) is 20.5. The van der Waals surface area contributed by atoms with E-state index in [1.165, 1.54) is 0 Å². The lowest BCUT2D eigenvalue weighted by Crippen LogP contribution is -2.33. The summed E-state index contributed by atoms with van der Waals surface area (Å²) in [4.78, 5) is -0.923. The van der Waals surface area contributed by atoms with Gasteiger partial charge in [-0.15, -0.1) is 12.4 Å². The summed E-state index contributed by atoms with van der Waals surface area (Å²) in [5.74, 6) is -2.20. The topological polar surface area (TPSA) is 63.4 Å². The fourth-order valence-electron chi connectivity index (χ4n) is 2.20. The summed E-state index contributed by atoms with van der Waals surface area (Å²) < 4.78 is 54.2. The van der Waals surface area contributed by atoms with E-state index in [1.54, 1.807) is 30.3 Å². The highest BCUT2D eigenvalue weighted by atomic mass is 35.5. The summed E-state index contributed by atoms with van der Waals surface area (Å²) in [5.41, 5.74) is 6.17. The van der Waals surface area contributed by atoms with Gasteiger partial charge in [-0.1, -0.05) is 36.4 Å². The zero-order valence-electron chi connectivity index (χ0n) is 12.9. The number of hydrogen-bond acceptors (Lipinski definition) is 3. The Morgan fingerprint density at radius 1 is 0.958 bits per heavy atom. The van der Waals surface area contributed by atoms with Crippen molar-refractivity contribution in [2.24, 2.45) is 5.73 Å². The first-order valence-corrected chi connectivity index (χ1v) is 8.59. The molecule has 0 unspecified atom stereocenters. The number of sulfonamides is 1. The molecule has 0 aromatic heterocycles. The fourth-order valence-corrected chi connectivity index (χ4v) is 3.77. The molecule has 2 aromatic rings. The van der Waals surface area contributed by atoms with Gasteiger partial charge in [-0.25, -0.2) is 17.2 Å². The van der Waals surface area contributed by atoms with Gasteiger partial charge in [0, 0.05) is 13.1 Å². The predicted octanol–water partition coefficient (Wildman–Crippen LogP) is 2.93. The quantitative estimate of drug-likeness (QED) is 0.808. The van der Waals surface area contributed by atoms with Gasteiger partial charge in [0.05, 0.1) is 0 Å². The van der Waals surface area contributed by atoms with Crippen LogP contribution in [0.2, 0.25) is 0 Å². The number of nitrogens with zero attached hydrogens (tertiary/aromatic N) is 1. The van der Waals surface area contributed by atoms with Crippen molar-refractivity contribution in [2.45, 2.75) is 17.9 Å². The SMILES string of the molecule is Cl.NCCCN(Cc1ccccc1)S(=O)(=O)c1c(F)cccc1F. The van der Waals surface area contributed by atoms with Crippen LogP contribution in [-0.2, 0) is 16.6 Å². The molecule has 0 aliphatic heterocycles. The molecule has 0 saturated carbocycles. The number of hydrogen-bond donors (Lipinski definition) is 1. The molecule has 0 amide bonds. The van der Waals surface area contributed by atoms with Crippen LogP contribution in [-0.4, -0.2) is 25.8 Å². The van der Waals surface area contributed by atoms with E-state index >= 15 is 0 Å². The van der Waals surface area contributed by atoms with Crippen molar-refractivity contribution in [2.75, 3.05) is 13.1 Å². The van der Waals surface area contributed by atoms with E-state index in [0.717, 1.165) is 28.1 Å². The van der Waals surface area contributed by atoms with Crippen LogP contribution >= 0.6 is 12.4 Å². The molecule has 0 aliphatic carbocycles. The summed E-state index contributed by atoms with van der Waals surface area (Å²) in [6.07, 6.45) is 0.391. The van der Waals surface area contributed by atoms with Crippen LogP contribution in [0.4, 0.5) is 8.78 Å². The Hall–Kier alpha value is -1.54. The average Bonchev–Trinajstić information content (AvgIpc) is 2.52. The Bertz CT molecular complexity index is 738. The second-order valence-corrected chi connectivity index (χ2v) is 6.89. The zero-order valence-corrected chi connectivity index (χ0v) is 14.5. The van der Waals surface area contributed by atoms with E-state index in [-0.39, 0.29) is 32.0 Å². The molecule has 8 heteroatoms. The lowest BCUT2D eigenvalue weighted by Gasteiger charge is -2.22. The number of nitrogens with two attached hydrogens (primary N) is 1. The third-order valence-corrected chi connectivity index (χ3v) is 5.23. The molecule has 0 spiro atoms. The fraction of sp³-hybridized carbons (Fsp3) is 0.250. The number of halogens is 3. The molecule has 0 heterocycles. The number of rotatable bonds is 7. The third-order valence-electron chi connectivity index (χ3n) is 3.33. The molecule has 0 radical (unpaired) electrons. The van der Waals surface area contributed by atoms with Crippen LogP contribution < -0.4 is 5.73 Å². The van der Waals surface area contributed by atoms with Crippen LogP contribution in [0, 0.1) is 11.6 Å². The molecule has 0 saturated heterocycles. The van der Waals surface area contributed by atoms with Crippen molar-refractivity contribution in [1.29, 1.82) is 0 Å². The summed E-state index contributed by atoms with van der Waals surface area (Å²) in [6.45, 7) is 0.388. The highest BCUT2D eigenvalue weighted by molar-refractivity contribution is 7.89. The normalized spacial score (nSPS) is 11.3. The molecular weight excluding hydrogens is 358 g/mol. The van der Waals surface area contributed by atoms with Crippen LogP contribution in [0.25, 0.3) is 0 Å². The van der Waals surface area contributed by atoms with Gasteiger partial charge < -0.3 is 5.73 Å². The van der Waals surface area contributed by atoms with Gasteiger partial charge in [0.25, 0.3) is 0 Å². The summed E-state index contributed by atoms with van der Waals surface area (Å²) in [5, 5.41) is 0. The van der Waals surface area contributed by atoms with E-state index in [4.69, 9.17) is 5.73 Å². The molecular formula is C16H19ClF2N2O2S. The molecule has 4 nitrogen and oxygen atoms in total. The maximum absolute atomic E-state index is 13.9. The third kappa shape index (κ3) is 4.73. The van der Waals surface area contributed by atoms with Gasteiger partial charge in [-0.2, -0.15) is 4.31 Å². The minimum absolute atomic E-state index is 0. The second-order valence-electron chi connectivity index (χ2n) is 5.02. The molecule has 0 fully saturated rings. The van der Waals surface area contributed by atoms with Crippen LogP contribution in [0.3, 0.4) is 0 Å². The van der Waals surface area contributed by atoms with Gasteiger partial charge in [-0.3, -0.25) is 0 Å². The van der Waals surface area contributed by atoms with Crippen LogP contribution in [0.15, 0.2) is 53.4 Å². The van der Waals surface area contributed by atoms with Gasteiger partial charge in [0.1, 0.15) is 11.6 Å². The minimum atomic E-state index is -4.31. The summed E-state index contributed by atoms with van der Waals surface area (Å²) in [7, 11) is -4.31. The van der Waals surface area contributed by atoms with Crippen molar-refractivity contribution in [3.8, 4) is 0 Å². The Morgan fingerprint density at radius 3 is 2.08 bits per heavy atom. The molecule has 24 heavy (non-hydrogen) atoms. The van der Waals surface area contributed by atoms with Crippen molar-refractivity contribution < 1.29 is 17.2 Å². The maximum Gasteiger partial charge on any atom is 0.249 e. The number of benzene rings is 2. The largest absolute Gasteiger partial charge is 0.330 e. The first-order valence-electron chi connectivity index (χ1n) is 7.15. The Labute approximate surface area is 146 Å². The van der Waals surface area contributed by atoms with Gasteiger partial charge >= 0.3 is 0 Å². The van der Waals surface area contributed by atoms with Crippen molar-refractivity contribution in [3.05, 3.63) is 65.7 Å². The molecule has 0 bridgehead atoms. The Kier molecular flexibility index (Phi) is 7.75. The average molecular weight is 377 g/mol. The van der Waals surface area contributed by atoms with Gasteiger partial charge in [-0.05, 0) is 30.7 Å². The molecule has 2 N–H and O–H groups in total. The Balaban J connectivity index is 0.00000288. The second kappa shape index (κ2) is 9.08. The first-order chi connectivity index (χ1) is 11.0.